The van der Waals surface area contributed by atoms with Crippen molar-refractivity contribution in [1.82, 2.24) is 14.9 Å². The molecule has 7 nitrogen and oxygen atoms in total. The number of carbonyl (C=O) groups is 1. The van der Waals surface area contributed by atoms with Crippen LogP contribution in [0.3, 0.4) is 0 Å². The maximum atomic E-state index is 12.5. The number of sulfonamides is 1. The Bertz CT molecular complexity index is 1160. The average Bonchev–Trinajstić information content (AvgIpc) is 3.38. The zero-order valence-electron chi connectivity index (χ0n) is 18.9. The maximum Gasteiger partial charge on any atom is 0.251 e. The highest BCUT2D eigenvalue weighted by molar-refractivity contribution is 7.89. The summed E-state index contributed by atoms with van der Waals surface area (Å²) in [6.45, 7) is 5.09. The molecule has 9 heteroatoms. The lowest BCUT2D eigenvalue weighted by Gasteiger charge is -2.26. The third kappa shape index (κ3) is 6.97. The molecule has 0 saturated carbocycles. The predicted octanol–water partition coefficient (Wildman–Crippen LogP) is 3.03. The molecule has 0 radical (unpaired) electrons. The van der Waals surface area contributed by atoms with Crippen LogP contribution in [0.4, 0.5) is 0 Å². The third-order valence-corrected chi connectivity index (χ3v) is 8.07. The molecular formula is C25H29N3O4S2. The Balaban J connectivity index is 1.25. The normalized spacial score (nSPS) is 14.7. The van der Waals surface area contributed by atoms with E-state index in [-0.39, 0.29) is 10.8 Å². The number of hydrogen-bond donors (Lipinski definition) is 2. The van der Waals surface area contributed by atoms with Crippen molar-refractivity contribution >= 4 is 27.3 Å². The van der Waals surface area contributed by atoms with Crippen molar-refractivity contribution in [3.05, 3.63) is 87.6 Å². The lowest BCUT2D eigenvalue weighted by molar-refractivity contribution is 0.0342. The number of nitrogens with zero attached hydrogens (tertiary/aromatic N) is 1. The van der Waals surface area contributed by atoms with Gasteiger partial charge in [0.05, 0.1) is 18.1 Å². The van der Waals surface area contributed by atoms with Crippen LogP contribution in [0.15, 0.2) is 70.9 Å². The minimum Gasteiger partial charge on any atom is -0.379 e. The summed E-state index contributed by atoms with van der Waals surface area (Å²) in [7, 11) is -3.61. The van der Waals surface area contributed by atoms with E-state index >= 15 is 0 Å². The first kappa shape index (κ1) is 24.6. The number of nitrogens with one attached hydrogen (secondary N) is 2. The lowest BCUT2D eigenvalue weighted by atomic mass is 10.1. The van der Waals surface area contributed by atoms with Crippen molar-refractivity contribution in [1.29, 1.82) is 0 Å². The van der Waals surface area contributed by atoms with Gasteiger partial charge in [-0.15, -0.1) is 11.3 Å². The van der Waals surface area contributed by atoms with Crippen molar-refractivity contribution in [3.63, 3.8) is 0 Å². The molecule has 2 heterocycles. The monoisotopic (exact) mass is 499 g/mol. The van der Waals surface area contributed by atoms with Crippen molar-refractivity contribution < 1.29 is 17.9 Å². The van der Waals surface area contributed by atoms with Gasteiger partial charge in [0.15, 0.2) is 0 Å². The fourth-order valence-corrected chi connectivity index (χ4v) is 5.44. The van der Waals surface area contributed by atoms with Crippen molar-refractivity contribution in [3.8, 4) is 0 Å². The Morgan fingerprint density at radius 1 is 0.971 bits per heavy atom. The number of hydrogen-bond acceptors (Lipinski definition) is 6. The molecule has 3 aromatic rings. The van der Waals surface area contributed by atoms with Crippen molar-refractivity contribution in [2.45, 2.75) is 24.4 Å². The summed E-state index contributed by atoms with van der Waals surface area (Å²) >= 11 is 1.60. The highest BCUT2D eigenvalue weighted by Crippen LogP contribution is 2.13. The molecule has 0 bridgehead atoms. The average molecular weight is 500 g/mol. The number of rotatable bonds is 10. The predicted molar refractivity (Wildman–Crippen MR) is 133 cm³/mol. The Hall–Kier alpha value is -2.56. The van der Waals surface area contributed by atoms with Crippen molar-refractivity contribution in [2.24, 2.45) is 0 Å². The van der Waals surface area contributed by atoms with Gasteiger partial charge in [-0.1, -0.05) is 30.3 Å². The van der Waals surface area contributed by atoms with Crippen LogP contribution in [0.1, 0.15) is 26.4 Å². The smallest absolute Gasteiger partial charge is 0.251 e. The number of thiophene rings is 1. The van der Waals surface area contributed by atoms with E-state index in [0.29, 0.717) is 25.1 Å². The molecule has 2 aromatic carbocycles. The molecule has 1 aliphatic rings. The number of carbonyl (C=O) groups excluding carboxylic acids is 1. The van der Waals surface area contributed by atoms with Crippen LogP contribution in [-0.4, -0.2) is 52.1 Å². The molecule has 0 atom stereocenters. The van der Waals surface area contributed by atoms with Crippen LogP contribution in [-0.2, 0) is 34.3 Å². The second-order valence-corrected chi connectivity index (χ2v) is 10.9. The van der Waals surface area contributed by atoms with E-state index < -0.39 is 10.0 Å². The van der Waals surface area contributed by atoms with Crippen LogP contribution < -0.4 is 10.0 Å². The van der Waals surface area contributed by atoms with Gasteiger partial charge in [0.2, 0.25) is 10.0 Å². The van der Waals surface area contributed by atoms with Crippen LogP contribution in [0.25, 0.3) is 0 Å². The van der Waals surface area contributed by atoms with E-state index in [1.165, 1.54) is 29.8 Å². The zero-order chi connectivity index (χ0) is 23.8. The number of benzene rings is 2. The molecule has 1 fully saturated rings. The maximum absolute atomic E-state index is 12.5. The van der Waals surface area contributed by atoms with E-state index in [9.17, 15) is 13.2 Å². The summed E-state index contributed by atoms with van der Waals surface area (Å²) in [5, 5.41) is 4.86. The molecule has 0 aliphatic carbocycles. The first-order valence-electron chi connectivity index (χ1n) is 11.3. The van der Waals surface area contributed by atoms with Gasteiger partial charge in [-0.2, -0.15) is 0 Å². The summed E-state index contributed by atoms with van der Waals surface area (Å²) in [5.74, 6) is -0.244. The van der Waals surface area contributed by atoms with Gasteiger partial charge in [0, 0.05) is 43.2 Å². The minimum absolute atomic E-state index is 0.145. The highest BCUT2D eigenvalue weighted by atomic mass is 32.2. The quantitative estimate of drug-likeness (QED) is 0.448. The molecule has 1 amide bonds. The molecule has 1 saturated heterocycles. The zero-order valence-corrected chi connectivity index (χ0v) is 20.5. The summed E-state index contributed by atoms with van der Waals surface area (Å²) < 4.78 is 33.0. The van der Waals surface area contributed by atoms with Gasteiger partial charge >= 0.3 is 0 Å². The van der Waals surface area contributed by atoms with Crippen LogP contribution >= 0.6 is 11.3 Å². The second kappa shape index (κ2) is 11.7. The summed E-state index contributed by atoms with van der Waals surface area (Å²) in [6.07, 6.45) is 0.644. The van der Waals surface area contributed by atoms with Crippen molar-refractivity contribution in [2.75, 3.05) is 32.8 Å². The Labute approximate surface area is 204 Å². The van der Waals surface area contributed by atoms with Gasteiger partial charge < -0.3 is 10.1 Å². The third-order valence-electron chi connectivity index (χ3n) is 5.66. The largest absolute Gasteiger partial charge is 0.379 e. The molecule has 0 unspecified atom stereocenters. The van der Waals surface area contributed by atoms with E-state index in [0.717, 1.165) is 43.3 Å². The number of ether oxygens (including phenoxy) is 1. The van der Waals surface area contributed by atoms with Gasteiger partial charge in [-0.25, -0.2) is 13.1 Å². The number of morpholine rings is 1. The fraction of sp³-hybridized carbons (Fsp3) is 0.320. The van der Waals surface area contributed by atoms with Gasteiger partial charge in [-0.05, 0) is 53.3 Å². The summed E-state index contributed by atoms with van der Waals surface area (Å²) in [4.78, 5) is 16.2. The van der Waals surface area contributed by atoms with Gasteiger partial charge in [0.1, 0.15) is 0 Å². The Morgan fingerprint density at radius 2 is 1.68 bits per heavy atom. The number of amides is 1. The Morgan fingerprint density at radius 3 is 2.35 bits per heavy atom. The molecule has 0 spiro atoms. The van der Waals surface area contributed by atoms with E-state index in [1.807, 2.05) is 29.6 Å². The molecule has 1 aliphatic heterocycles. The molecular weight excluding hydrogens is 470 g/mol. The Kier molecular flexibility index (Phi) is 8.47. The molecule has 34 heavy (non-hydrogen) atoms. The van der Waals surface area contributed by atoms with Crippen LogP contribution in [0, 0.1) is 0 Å². The molecule has 2 N–H and O–H groups in total. The van der Waals surface area contributed by atoms with Crippen LogP contribution in [0.5, 0.6) is 0 Å². The standard InChI is InChI=1S/C25H29N3O4S2/c29-25(26-18-20-3-5-21(6-4-20)19-28-13-15-32-16-14-28)22-7-9-24(10-8-22)34(30,31)27-12-11-23-2-1-17-33-23/h1-10,17,27H,11-16,18-19H2,(H,26,29). The van der Waals surface area contributed by atoms with E-state index in [1.54, 1.807) is 11.3 Å². The second-order valence-electron chi connectivity index (χ2n) is 8.14. The first-order chi connectivity index (χ1) is 16.5. The highest BCUT2D eigenvalue weighted by Gasteiger charge is 2.15. The lowest BCUT2D eigenvalue weighted by Crippen LogP contribution is -2.35. The fourth-order valence-electron chi connectivity index (χ4n) is 3.70. The molecule has 4 rings (SSSR count). The van der Waals surface area contributed by atoms with Crippen LogP contribution in [0.2, 0.25) is 0 Å². The van der Waals surface area contributed by atoms with Gasteiger partial charge in [0.25, 0.3) is 5.91 Å². The van der Waals surface area contributed by atoms with Gasteiger partial charge in [-0.3, -0.25) is 9.69 Å². The topological polar surface area (TPSA) is 87.7 Å². The summed E-state index contributed by atoms with van der Waals surface area (Å²) in [6, 6.07) is 18.1. The first-order valence-corrected chi connectivity index (χ1v) is 13.6. The SMILES string of the molecule is O=C(NCc1ccc(CN2CCOCC2)cc1)c1ccc(S(=O)(=O)NCCc2cccs2)cc1. The van der Waals surface area contributed by atoms with E-state index in [2.05, 4.69) is 27.1 Å². The summed E-state index contributed by atoms with van der Waals surface area (Å²) in [5.41, 5.74) is 2.66. The molecule has 1 aromatic heterocycles. The molecule has 180 valence electrons. The minimum atomic E-state index is -3.61. The van der Waals surface area contributed by atoms with E-state index in [4.69, 9.17) is 4.74 Å².